The van der Waals surface area contributed by atoms with E-state index in [9.17, 15) is 27.6 Å². The third kappa shape index (κ3) is 4.78. The van der Waals surface area contributed by atoms with E-state index in [1.807, 2.05) is 0 Å². The zero-order valence-corrected chi connectivity index (χ0v) is 13.7. The third-order valence-corrected chi connectivity index (χ3v) is 3.65. The van der Waals surface area contributed by atoms with Crippen molar-refractivity contribution in [2.45, 2.75) is 12.6 Å². The number of hydrogen-bond donors (Lipinski definition) is 0. The Morgan fingerprint density at radius 3 is 2.09 bits per heavy atom. The Morgan fingerprint density at radius 1 is 1.13 bits per heavy atom. The van der Waals surface area contributed by atoms with Crippen LogP contribution in [0.1, 0.15) is 22.3 Å². The number of rotatable bonds is 5. The van der Waals surface area contributed by atoms with Gasteiger partial charge in [0.1, 0.15) is 0 Å². The number of alkyl halides is 3. The molecule has 0 saturated heterocycles. The number of Topliss-reactive ketones (excluding diaryl/α,β-unsaturated/α-hetero) is 1. The zero-order valence-electron chi connectivity index (χ0n) is 12.1. The monoisotopic (exact) mass is 396 g/mol. The number of hydrogen-bond acceptors (Lipinski definition) is 5. The van der Waals surface area contributed by atoms with Crippen LogP contribution in [-0.4, -0.2) is 31.9 Å². The van der Waals surface area contributed by atoms with Gasteiger partial charge in [-0.05, 0) is 12.1 Å². The molecular formula is C14H12BrF3O5. The van der Waals surface area contributed by atoms with E-state index in [1.165, 1.54) is 0 Å². The minimum Gasteiger partial charge on any atom is -0.468 e. The highest BCUT2D eigenvalue weighted by Crippen LogP contribution is 2.35. The summed E-state index contributed by atoms with van der Waals surface area (Å²) in [6.07, 6.45) is -5.31. The number of halogens is 4. The Kier molecular flexibility index (Phi) is 6.31. The summed E-state index contributed by atoms with van der Waals surface area (Å²) in [6.45, 7) is 0. The van der Waals surface area contributed by atoms with Crippen LogP contribution in [0, 0.1) is 5.92 Å². The maximum Gasteiger partial charge on any atom is 0.417 e. The Labute approximate surface area is 137 Å². The fourth-order valence-electron chi connectivity index (χ4n) is 1.77. The maximum atomic E-state index is 12.8. The van der Waals surface area contributed by atoms with Crippen molar-refractivity contribution >= 4 is 33.7 Å². The molecule has 0 aliphatic rings. The molecule has 1 rings (SSSR count). The predicted octanol–water partition coefficient (Wildman–Crippen LogP) is 3.00. The Balaban J connectivity index is 3.10. The van der Waals surface area contributed by atoms with E-state index in [-0.39, 0.29) is 10.0 Å². The lowest BCUT2D eigenvalue weighted by molar-refractivity contribution is -0.158. The van der Waals surface area contributed by atoms with Crippen molar-refractivity contribution in [3.8, 4) is 0 Å². The summed E-state index contributed by atoms with van der Waals surface area (Å²) in [6, 6.07) is 2.88. The molecular weight excluding hydrogens is 385 g/mol. The summed E-state index contributed by atoms with van der Waals surface area (Å²) >= 11 is 2.76. The van der Waals surface area contributed by atoms with Crippen molar-refractivity contribution in [3.05, 3.63) is 33.8 Å². The van der Waals surface area contributed by atoms with Gasteiger partial charge in [0.25, 0.3) is 0 Å². The average molecular weight is 397 g/mol. The molecule has 126 valence electrons. The Hall–Kier alpha value is -1.90. The Bertz CT molecular complexity index is 611. The molecule has 5 nitrogen and oxygen atoms in total. The summed E-state index contributed by atoms with van der Waals surface area (Å²) in [4.78, 5) is 35.1. The standard InChI is InChI=1S/C14H12BrF3O5/c1-22-12(20)8(13(21)23-2)6-11(19)7-3-4-10(15)9(5-7)14(16,17)18/h3-5,8H,6H2,1-2H3. The van der Waals surface area contributed by atoms with Gasteiger partial charge in [0.15, 0.2) is 11.7 Å². The summed E-state index contributed by atoms with van der Waals surface area (Å²) in [5.74, 6) is -4.35. The molecule has 0 atom stereocenters. The van der Waals surface area contributed by atoms with Gasteiger partial charge in [-0.25, -0.2) is 0 Å². The number of carbonyl (C=O) groups excluding carboxylic acids is 3. The van der Waals surface area contributed by atoms with Gasteiger partial charge in [0, 0.05) is 16.5 Å². The van der Waals surface area contributed by atoms with E-state index in [0.29, 0.717) is 6.07 Å². The van der Waals surface area contributed by atoms with Crippen molar-refractivity contribution in [2.24, 2.45) is 5.92 Å². The van der Waals surface area contributed by atoms with E-state index in [4.69, 9.17) is 0 Å². The maximum absolute atomic E-state index is 12.8. The topological polar surface area (TPSA) is 69.7 Å². The SMILES string of the molecule is COC(=O)C(CC(=O)c1ccc(Br)c(C(F)(F)F)c1)C(=O)OC. The van der Waals surface area contributed by atoms with E-state index in [0.717, 1.165) is 26.4 Å². The smallest absolute Gasteiger partial charge is 0.417 e. The largest absolute Gasteiger partial charge is 0.468 e. The first-order valence-electron chi connectivity index (χ1n) is 6.17. The second-order valence-electron chi connectivity index (χ2n) is 4.42. The normalized spacial score (nSPS) is 11.3. The first-order chi connectivity index (χ1) is 10.6. The van der Waals surface area contributed by atoms with Crippen LogP contribution in [0.15, 0.2) is 22.7 Å². The summed E-state index contributed by atoms with van der Waals surface area (Å²) in [5.41, 5.74) is -1.31. The van der Waals surface area contributed by atoms with Crippen molar-refractivity contribution in [1.29, 1.82) is 0 Å². The summed E-state index contributed by atoms with van der Waals surface area (Å²) in [5, 5.41) is 0. The van der Waals surface area contributed by atoms with Crippen LogP contribution in [0.2, 0.25) is 0 Å². The number of ketones is 1. The first kappa shape index (κ1) is 19.1. The third-order valence-electron chi connectivity index (χ3n) is 2.95. The van der Waals surface area contributed by atoms with Crippen LogP contribution in [0.5, 0.6) is 0 Å². The molecule has 0 bridgehead atoms. The number of methoxy groups -OCH3 is 2. The lowest BCUT2D eigenvalue weighted by atomic mass is 9.97. The fourth-order valence-corrected chi connectivity index (χ4v) is 2.24. The molecule has 23 heavy (non-hydrogen) atoms. The molecule has 0 aromatic heterocycles. The van der Waals surface area contributed by atoms with Gasteiger partial charge in [0.2, 0.25) is 0 Å². The highest BCUT2D eigenvalue weighted by atomic mass is 79.9. The number of carbonyl (C=O) groups is 3. The van der Waals surface area contributed by atoms with Gasteiger partial charge in [-0.3, -0.25) is 14.4 Å². The zero-order chi connectivity index (χ0) is 17.8. The lowest BCUT2D eigenvalue weighted by Gasteiger charge is -2.13. The van der Waals surface area contributed by atoms with Crippen LogP contribution in [-0.2, 0) is 25.2 Å². The number of benzene rings is 1. The molecule has 9 heteroatoms. The van der Waals surface area contributed by atoms with Crippen LogP contribution < -0.4 is 0 Å². The van der Waals surface area contributed by atoms with Crippen LogP contribution in [0.25, 0.3) is 0 Å². The quantitative estimate of drug-likeness (QED) is 0.434. The molecule has 0 spiro atoms. The van der Waals surface area contributed by atoms with Crippen LogP contribution >= 0.6 is 15.9 Å². The molecule has 1 aromatic carbocycles. The molecule has 1 aromatic rings. The minimum absolute atomic E-state index is 0.223. The molecule has 0 fully saturated rings. The molecule has 0 unspecified atom stereocenters. The number of esters is 2. The van der Waals surface area contributed by atoms with E-state index in [2.05, 4.69) is 25.4 Å². The molecule has 0 aliphatic carbocycles. The molecule has 0 radical (unpaired) electrons. The highest BCUT2D eigenvalue weighted by Gasteiger charge is 2.35. The van der Waals surface area contributed by atoms with Crippen molar-refractivity contribution in [1.82, 2.24) is 0 Å². The van der Waals surface area contributed by atoms with Gasteiger partial charge in [-0.1, -0.05) is 22.0 Å². The second-order valence-corrected chi connectivity index (χ2v) is 5.27. The number of ether oxygens (including phenoxy) is 2. The minimum atomic E-state index is -4.65. The first-order valence-corrected chi connectivity index (χ1v) is 6.96. The van der Waals surface area contributed by atoms with Crippen molar-refractivity contribution in [2.75, 3.05) is 14.2 Å². The fraction of sp³-hybridized carbons (Fsp3) is 0.357. The molecule has 0 heterocycles. The van der Waals surface area contributed by atoms with Crippen LogP contribution in [0.4, 0.5) is 13.2 Å². The average Bonchev–Trinajstić information content (AvgIpc) is 2.50. The van der Waals surface area contributed by atoms with Gasteiger partial charge in [-0.15, -0.1) is 0 Å². The predicted molar refractivity (Wildman–Crippen MR) is 75.6 cm³/mol. The Morgan fingerprint density at radius 2 is 1.65 bits per heavy atom. The second kappa shape index (κ2) is 7.58. The molecule has 0 N–H and O–H groups in total. The van der Waals surface area contributed by atoms with E-state index < -0.39 is 41.8 Å². The summed E-state index contributed by atoms with van der Waals surface area (Å²) < 4.78 is 47.0. The van der Waals surface area contributed by atoms with E-state index in [1.54, 1.807) is 0 Å². The molecule has 0 aliphatic heterocycles. The van der Waals surface area contributed by atoms with Gasteiger partial charge in [0.05, 0.1) is 19.8 Å². The van der Waals surface area contributed by atoms with E-state index >= 15 is 0 Å². The van der Waals surface area contributed by atoms with Gasteiger partial charge < -0.3 is 9.47 Å². The molecule has 0 amide bonds. The summed E-state index contributed by atoms with van der Waals surface area (Å²) in [7, 11) is 2.04. The van der Waals surface area contributed by atoms with Crippen molar-refractivity contribution in [3.63, 3.8) is 0 Å². The van der Waals surface area contributed by atoms with Crippen LogP contribution in [0.3, 0.4) is 0 Å². The lowest BCUT2D eigenvalue weighted by Crippen LogP contribution is -2.29. The van der Waals surface area contributed by atoms with Gasteiger partial charge >= 0.3 is 18.1 Å². The molecule has 0 saturated carbocycles. The highest BCUT2D eigenvalue weighted by molar-refractivity contribution is 9.10. The van der Waals surface area contributed by atoms with Crippen molar-refractivity contribution < 1.29 is 37.0 Å². The van der Waals surface area contributed by atoms with Gasteiger partial charge in [-0.2, -0.15) is 13.2 Å².